The lowest BCUT2D eigenvalue weighted by Crippen LogP contribution is -2.30. The smallest absolute Gasteiger partial charge is 0.265 e. The number of nitrogens with zero attached hydrogens (tertiary/aromatic N) is 4. The summed E-state index contributed by atoms with van der Waals surface area (Å²) in [5.41, 5.74) is 1.45. The van der Waals surface area contributed by atoms with Gasteiger partial charge in [-0.2, -0.15) is 0 Å². The largest absolute Gasteiger partial charge is 0.481 e. The van der Waals surface area contributed by atoms with Gasteiger partial charge in [-0.25, -0.2) is 4.68 Å². The second-order valence-electron chi connectivity index (χ2n) is 5.00. The Morgan fingerprint density at radius 1 is 1.17 bits per heavy atom. The zero-order valence-electron chi connectivity index (χ0n) is 12.8. The van der Waals surface area contributed by atoms with Crippen LogP contribution < -0.4 is 10.1 Å². The Morgan fingerprint density at radius 3 is 2.50 bits per heavy atom. The normalized spacial score (nSPS) is 11.8. The Balaban J connectivity index is 1.60. The number of aromatic nitrogens is 4. The van der Waals surface area contributed by atoms with Gasteiger partial charge in [0.2, 0.25) is 0 Å². The highest BCUT2D eigenvalue weighted by Gasteiger charge is 2.15. The predicted molar refractivity (Wildman–Crippen MR) is 89.3 cm³/mol. The number of halogens is 1. The summed E-state index contributed by atoms with van der Waals surface area (Å²) in [7, 11) is 0. The fourth-order valence-corrected chi connectivity index (χ4v) is 2.12. The zero-order chi connectivity index (χ0) is 16.9. The molecule has 0 bridgehead atoms. The Labute approximate surface area is 143 Å². The molecule has 1 N–H and O–H groups in total. The molecule has 3 rings (SSSR count). The van der Waals surface area contributed by atoms with Crippen LogP contribution in [0.25, 0.3) is 5.69 Å². The summed E-state index contributed by atoms with van der Waals surface area (Å²) >= 11 is 5.82. The second kappa shape index (κ2) is 7.10. The van der Waals surface area contributed by atoms with Crippen LogP contribution in [0.2, 0.25) is 5.02 Å². The zero-order valence-corrected chi connectivity index (χ0v) is 13.5. The number of hydrogen-bond acceptors (Lipinski definition) is 5. The van der Waals surface area contributed by atoms with Gasteiger partial charge in [0.25, 0.3) is 5.91 Å². The summed E-state index contributed by atoms with van der Waals surface area (Å²) in [6, 6.07) is 14.0. The van der Waals surface area contributed by atoms with Crippen molar-refractivity contribution in [3.05, 3.63) is 59.9 Å². The average molecular weight is 344 g/mol. The van der Waals surface area contributed by atoms with E-state index in [1.54, 1.807) is 55.5 Å². The van der Waals surface area contributed by atoms with Crippen molar-refractivity contribution < 1.29 is 9.53 Å². The van der Waals surface area contributed by atoms with E-state index in [0.717, 1.165) is 5.69 Å². The van der Waals surface area contributed by atoms with Crippen molar-refractivity contribution in [3.8, 4) is 11.4 Å². The SMILES string of the molecule is CC(Oc1ccc(Cl)cc1)C(=O)Nc1ccc(-n2cnnn2)cc1. The summed E-state index contributed by atoms with van der Waals surface area (Å²) in [5.74, 6) is 0.330. The number of anilines is 1. The number of benzene rings is 2. The van der Waals surface area contributed by atoms with E-state index in [1.165, 1.54) is 11.0 Å². The van der Waals surface area contributed by atoms with Gasteiger partial charge >= 0.3 is 0 Å². The van der Waals surface area contributed by atoms with Gasteiger partial charge in [0.1, 0.15) is 12.1 Å². The summed E-state index contributed by atoms with van der Waals surface area (Å²) < 4.78 is 7.11. The van der Waals surface area contributed by atoms with Crippen molar-refractivity contribution >= 4 is 23.2 Å². The molecular formula is C16H14ClN5O2. The van der Waals surface area contributed by atoms with E-state index in [0.29, 0.717) is 16.5 Å². The van der Waals surface area contributed by atoms with Crippen molar-refractivity contribution in [2.75, 3.05) is 5.32 Å². The summed E-state index contributed by atoms with van der Waals surface area (Å²) in [6.45, 7) is 1.68. The fourth-order valence-electron chi connectivity index (χ4n) is 1.99. The third-order valence-electron chi connectivity index (χ3n) is 3.24. The molecule has 0 aliphatic carbocycles. The maximum Gasteiger partial charge on any atom is 0.265 e. The molecule has 7 nitrogen and oxygen atoms in total. The Bertz CT molecular complexity index is 803. The van der Waals surface area contributed by atoms with Crippen LogP contribution in [0.3, 0.4) is 0 Å². The highest BCUT2D eigenvalue weighted by atomic mass is 35.5. The van der Waals surface area contributed by atoms with Crippen LogP contribution in [-0.2, 0) is 4.79 Å². The van der Waals surface area contributed by atoms with E-state index in [2.05, 4.69) is 20.8 Å². The number of carbonyl (C=O) groups excluding carboxylic acids is 1. The minimum absolute atomic E-state index is 0.250. The molecule has 8 heteroatoms. The number of rotatable bonds is 5. The quantitative estimate of drug-likeness (QED) is 0.770. The van der Waals surface area contributed by atoms with Crippen molar-refractivity contribution in [2.45, 2.75) is 13.0 Å². The molecule has 0 saturated heterocycles. The Hall–Kier alpha value is -2.93. The van der Waals surface area contributed by atoms with Gasteiger partial charge in [0.15, 0.2) is 6.10 Å². The number of carbonyl (C=O) groups is 1. The standard InChI is InChI=1S/C16H14ClN5O2/c1-11(24-15-8-2-12(17)3-9-15)16(23)19-13-4-6-14(7-5-13)22-10-18-20-21-22/h2-11H,1H3,(H,19,23). The summed E-state index contributed by atoms with van der Waals surface area (Å²) in [4.78, 5) is 12.2. The second-order valence-corrected chi connectivity index (χ2v) is 5.44. The van der Waals surface area contributed by atoms with Crippen molar-refractivity contribution in [1.29, 1.82) is 0 Å². The molecule has 1 unspecified atom stereocenters. The van der Waals surface area contributed by atoms with Crippen molar-refractivity contribution in [1.82, 2.24) is 20.2 Å². The van der Waals surface area contributed by atoms with Crippen LogP contribution in [0.4, 0.5) is 5.69 Å². The number of ether oxygens (including phenoxy) is 1. The molecule has 122 valence electrons. The molecule has 0 fully saturated rings. The van der Waals surface area contributed by atoms with E-state index in [9.17, 15) is 4.79 Å². The molecule has 2 aromatic carbocycles. The van der Waals surface area contributed by atoms with Crippen LogP contribution in [0.1, 0.15) is 6.92 Å². The molecule has 3 aromatic rings. The maximum absolute atomic E-state index is 12.2. The van der Waals surface area contributed by atoms with Crippen LogP contribution in [0.15, 0.2) is 54.9 Å². The van der Waals surface area contributed by atoms with Gasteiger partial charge in [-0.05, 0) is 65.9 Å². The minimum Gasteiger partial charge on any atom is -0.481 e. The summed E-state index contributed by atoms with van der Waals surface area (Å²) in [6.07, 6.45) is 0.848. The van der Waals surface area contributed by atoms with Gasteiger partial charge in [-0.1, -0.05) is 11.6 Å². The van der Waals surface area contributed by atoms with E-state index < -0.39 is 6.10 Å². The number of amides is 1. The number of tetrazole rings is 1. The van der Waals surface area contributed by atoms with Gasteiger partial charge in [0.05, 0.1) is 5.69 Å². The highest BCUT2D eigenvalue weighted by molar-refractivity contribution is 6.30. The topological polar surface area (TPSA) is 81.9 Å². The third-order valence-corrected chi connectivity index (χ3v) is 3.50. The minimum atomic E-state index is -0.648. The third kappa shape index (κ3) is 3.88. The van der Waals surface area contributed by atoms with Crippen LogP contribution in [0.5, 0.6) is 5.75 Å². The fraction of sp³-hybridized carbons (Fsp3) is 0.125. The predicted octanol–water partition coefficient (Wildman–Crippen LogP) is 2.72. The molecule has 1 amide bonds. The van der Waals surface area contributed by atoms with E-state index in [-0.39, 0.29) is 5.91 Å². The maximum atomic E-state index is 12.2. The van der Waals surface area contributed by atoms with Gasteiger partial charge < -0.3 is 10.1 Å². The number of nitrogens with one attached hydrogen (secondary N) is 1. The molecule has 1 aromatic heterocycles. The van der Waals surface area contributed by atoms with E-state index in [1.807, 2.05) is 0 Å². The van der Waals surface area contributed by atoms with E-state index in [4.69, 9.17) is 16.3 Å². The first-order valence-corrected chi connectivity index (χ1v) is 7.56. The van der Waals surface area contributed by atoms with E-state index >= 15 is 0 Å². The Morgan fingerprint density at radius 2 is 1.88 bits per heavy atom. The average Bonchev–Trinajstić information content (AvgIpc) is 3.12. The van der Waals surface area contributed by atoms with Crippen LogP contribution in [0, 0.1) is 0 Å². The molecule has 0 radical (unpaired) electrons. The van der Waals surface area contributed by atoms with Gasteiger partial charge in [0, 0.05) is 10.7 Å². The lowest BCUT2D eigenvalue weighted by molar-refractivity contribution is -0.122. The lowest BCUT2D eigenvalue weighted by atomic mass is 10.2. The molecule has 0 spiro atoms. The molecule has 1 atom stereocenters. The van der Waals surface area contributed by atoms with Crippen LogP contribution in [-0.4, -0.2) is 32.2 Å². The van der Waals surface area contributed by atoms with Crippen molar-refractivity contribution in [2.24, 2.45) is 0 Å². The summed E-state index contributed by atoms with van der Waals surface area (Å²) in [5, 5.41) is 14.4. The first kappa shape index (κ1) is 15.9. The van der Waals surface area contributed by atoms with Crippen molar-refractivity contribution in [3.63, 3.8) is 0 Å². The van der Waals surface area contributed by atoms with Gasteiger partial charge in [-0.3, -0.25) is 4.79 Å². The van der Waals surface area contributed by atoms with Gasteiger partial charge in [-0.15, -0.1) is 5.10 Å². The molecule has 1 heterocycles. The molecule has 0 saturated carbocycles. The lowest BCUT2D eigenvalue weighted by Gasteiger charge is -2.15. The highest BCUT2D eigenvalue weighted by Crippen LogP contribution is 2.18. The molecule has 0 aliphatic rings. The van der Waals surface area contributed by atoms with Crippen LogP contribution >= 0.6 is 11.6 Å². The molecule has 0 aliphatic heterocycles. The number of hydrogen-bond donors (Lipinski definition) is 1. The monoisotopic (exact) mass is 343 g/mol. The molecular weight excluding hydrogens is 330 g/mol. The Kier molecular flexibility index (Phi) is 4.72. The first-order valence-electron chi connectivity index (χ1n) is 7.18. The first-order chi connectivity index (χ1) is 11.6. The molecule has 24 heavy (non-hydrogen) atoms.